The van der Waals surface area contributed by atoms with E-state index in [9.17, 15) is 8.42 Å². The first kappa shape index (κ1) is 13.6. The molecule has 7 heteroatoms. The summed E-state index contributed by atoms with van der Waals surface area (Å²) in [5, 5.41) is 6.56. The highest BCUT2D eigenvalue weighted by Gasteiger charge is 2.22. The molecule has 1 heterocycles. The molecule has 0 saturated carbocycles. The lowest BCUT2D eigenvalue weighted by molar-refractivity contribution is 0.600. The molecule has 4 N–H and O–H groups in total. The quantitative estimate of drug-likeness (QED) is 0.785. The number of H-pyrrole nitrogens is 1. The lowest BCUT2D eigenvalue weighted by atomic mass is 10.2. The monoisotopic (exact) mass is 280 g/mol. The van der Waals surface area contributed by atoms with Crippen LogP contribution in [0.3, 0.4) is 0 Å². The third-order valence-electron chi connectivity index (χ3n) is 2.74. The number of rotatable bonds is 4. The molecule has 6 nitrogen and oxygen atoms in total. The second-order valence-electron chi connectivity index (χ2n) is 4.27. The van der Waals surface area contributed by atoms with Crippen molar-refractivity contribution in [2.24, 2.45) is 5.73 Å². The van der Waals surface area contributed by atoms with E-state index >= 15 is 0 Å². The molecule has 1 aromatic heterocycles. The summed E-state index contributed by atoms with van der Waals surface area (Å²) in [5.41, 5.74) is 7.84. The summed E-state index contributed by atoms with van der Waals surface area (Å²) in [6.07, 6.45) is 0. The Morgan fingerprint density at radius 1 is 1.37 bits per heavy atom. The molecule has 0 radical (unpaired) electrons. The normalized spacial score (nSPS) is 11.5. The molecule has 0 saturated heterocycles. The van der Waals surface area contributed by atoms with Crippen LogP contribution in [0.4, 0.5) is 5.69 Å². The predicted molar refractivity (Wildman–Crippen MR) is 73.2 cm³/mol. The second-order valence-corrected chi connectivity index (χ2v) is 5.89. The van der Waals surface area contributed by atoms with Gasteiger partial charge in [0.05, 0.1) is 11.4 Å². The zero-order valence-electron chi connectivity index (χ0n) is 10.8. The number of nitrogens with zero attached hydrogens (tertiary/aromatic N) is 1. The summed E-state index contributed by atoms with van der Waals surface area (Å²) < 4.78 is 27.1. The molecule has 0 bridgehead atoms. The number of hydrogen-bond acceptors (Lipinski definition) is 4. The minimum atomic E-state index is -3.64. The van der Waals surface area contributed by atoms with E-state index in [2.05, 4.69) is 14.9 Å². The fourth-order valence-electron chi connectivity index (χ4n) is 1.90. The Kier molecular flexibility index (Phi) is 3.59. The van der Waals surface area contributed by atoms with Gasteiger partial charge < -0.3 is 5.73 Å². The SMILES string of the molecule is Cc1n[nH]c(C)c1S(=O)(=O)Nc1cccc(CN)c1. The summed E-state index contributed by atoms with van der Waals surface area (Å²) in [6.45, 7) is 3.68. The summed E-state index contributed by atoms with van der Waals surface area (Å²) in [7, 11) is -3.64. The van der Waals surface area contributed by atoms with Gasteiger partial charge in [0.2, 0.25) is 0 Å². The largest absolute Gasteiger partial charge is 0.326 e. The molecule has 0 amide bonds. The smallest absolute Gasteiger partial charge is 0.265 e. The molecule has 0 aliphatic rings. The zero-order chi connectivity index (χ0) is 14.0. The van der Waals surface area contributed by atoms with Gasteiger partial charge in [-0.1, -0.05) is 12.1 Å². The minimum absolute atomic E-state index is 0.186. The van der Waals surface area contributed by atoms with E-state index in [4.69, 9.17) is 5.73 Å². The number of benzene rings is 1. The fraction of sp³-hybridized carbons (Fsp3) is 0.250. The van der Waals surface area contributed by atoms with Gasteiger partial charge in [0.25, 0.3) is 10.0 Å². The van der Waals surface area contributed by atoms with Crippen molar-refractivity contribution in [1.82, 2.24) is 10.2 Å². The van der Waals surface area contributed by atoms with Crippen molar-refractivity contribution in [3.8, 4) is 0 Å². The first-order chi connectivity index (χ1) is 8.94. The van der Waals surface area contributed by atoms with Gasteiger partial charge >= 0.3 is 0 Å². The number of aromatic amines is 1. The Bertz CT molecular complexity index is 672. The first-order valence-corrected chi connectivity index (χ1v) is 7.26. The van der Waals surface area contributed by atoms with Crippen molar-refractivity contribution in [2.45, 2.75) is 25.3 Å². The minimum Gasteiger partial charge on any atom is -0.326 e. The summed E-state index contributed by atoms with van der Waals surface area (Å²) in [6, 6.07) is 6.99. The van der Waals surface area contributed by atoms with E-state index in [0.29, 0.717) is 23.6 Å². The maximum atomic E-state index is 12.3. The van der Waals surface area contributed by atoms with Gasteiger partial charge in [-0.05, 0) is 31.5 Å². The standard InChI is InChI=1S/C12H16N4O2S/c1-8-12(9(2)15-14-8)19(17,18)16-11-5-3-4-10(6-11)7-13/h3-6,16H,7,13H2,1-2H3,(H,14,15). The van der Waals surface area contributed by atoms with E-state index in [1.165, 1.54) is 0 Å². The van der Waals surface area contributed by atoms with Crippen molar-refractivity contribution in [1.29, 1.82) is 0 Å². The maximum Gasteiger partial charge on any atom is 0.265 e. The average molecular weight is 280 g/mol. The molecule has 0 atom stereocenters. The second kappa shape index (κ2) is 5.02. The van der Waals surface area contributed by atoms with Gasteiger partial charge in [-0.25, -0.2) is 8.42 Å². The van der Waals surface area contributed by atoms with E-state index in [0.717, 1.165) is 5.56 Å². The van der Waals surface area contributed by atoms with Crippen LogP contribution in [-0.2, 0) is 16.6 Å². The van der Waals surface area contributed by atoms with Gasteiger partial charge in [-0.15, -0.1) is 0 Å². The third-order valence-corrected chi connectivity index (χ3v) is 4.39. The van der Waals surface area contributed by atoms with Gasteiger partial charge in [0.1, 0.15) is 4.90 Å². The highest BCUT2D eigenvalue weighted by atomic mass is 32.2. The Balaban J connectivity index is 2.36. The lowest BCUT2D eigenvalue weighted by Gasteiger charge is -2.09. The molecule has 0 spiro atoms. The molecule has 19 heavy (non-hydrogen) atoms. The summed E-state index contributed by atoms with van der Waals surface area (Å²) in [4.78, 5) is 0.186. The number of aryl methyl sites for hydroxylation is 2. The van der Waals surface area contributed by atoms with Gasteiger partial charge in [0, 0.05) is 12.2 Å². The lowest BCUT2D eigenvalue weighted by Crippen LogP contribution is -2.14. The third kappa shape index (κ3) is 2.77. The van der Waals surface area contributed by atoms with Crippen LogP contribution < -0.4 is 10.5 Å². The van der Waals surface area contributed by atoms with Gasteiger partial charge in [0.15, 0.2) is 0 Å². The number of nitrogens with one attached hydrogen (secondary N) is 2. The molecule has 2 aromatic rings. The van der Waals surface area contributed by atoms with Gasteiger partial charge in [-0.2, -0.15) is 5.10 Å². The van der Waals surface area contributed by atoms with Crippen LogP contribution in [0.15, 0.2) is 29.2 Å². The molecule has 0 aliphatic carbocycles. The maximum absolute atomic E-state index is 12.3. The van der Waals surface area contributed by atoms with E-state index < -0.39 is 10.0 Å². The number of sulfonamides is 1. The van der Waals surface area contributed by atoms with Gasteiger partial charge in [-0.3, -0.25) is 9.82 Å². The molecular weight excluding hydrogens is 264 g/mol. The molecule has 2 rings (SSSR count). The van der Waals surface area contributed by atoms with Crippen molar-refractivity contribution in [3.63, 3.8) is 0 Å². The number of anilines is 1. The highest BCUT2D eigenvalue weighted by molar-refractivity contribution is 7.92. The van der Waals surface area contributed by atoms with Crippen molar-refractivity contribution in [3.05, 3.63) is 41.2 Å². The average Bonchev–Trinajstić information content (AvgIpc) is 2.69. The van der Waals surface area contributed by atoms with Crippen LogP contribution in [0.2, 0.25) is 0 Å². The topological polar surface area (TPSA) is 101 Å². The summed E-state index contributed by atoms with van der Waals surface area (Å²) in [5.74, 6) is 0. The van der Waals surface area contributed by atoms with Crippen LogP contribution >= 0.6 is 0 Å². The number of aromatic nitrogens is 2. The van der Waals surface area contributed by atoms with Crippen LogP contribution in [0.1, 0.15) is 17.0 Å². The molecule has 0 unspecified atom stereocenters. The Labute approximate surface area is 112 Å². The molecule has 0 aliphatic heterocycles. The Morgan fingerprint density at radius 3 is 2.68 bits per heavy atom. The number of hydrogen-bond donors (Lipinski definition) is 3. The predicted octanol–water partition coefficient (Wildman–Crippen LogP) is 1.29. The van der Waals surface area contributed by atoms with E-state index in [-0.39, 0.29) is 4.90 Å². The van der Waals surface area contributed by atoms with E-state index in [1.54, 1.807) is 32.0 Å². The van der Waals surface area contributed by atoms with Crippen LogP contribution in [-0.4, -0.2) is 18.6 Å². The zero-order valence-corrected chi connectivity index (χ0v) is 11.6. The molecule has 0 fully saturated rings. The van der Waals surface area contributed by atoms with Crippen molar-refractivity contribution in [2.75, 3.05) is 4.72 Å². The Morgan fingerprint density at radius 2 is 2.11 bits per heavy atom. The molecule has 102 valence electrons. The van der Waals surface area contributed by atoms with Crippen LogP contribution in [0.25, 0.3) is 0 Å². The Hall–Kier alpha value is -1.86. The summed E-state index contributed by atoms with van der Waals surface area (Å²) >= 11 is 0. The fourth-order valence-corrected chi connectivity index (χ4v) is 3.33. The first-order valence-electron chi connectivity index (χ1n) is 5.77. The molecular formula is C12H16N4O2S. The molecule has 1 aromatic carbocycles. The van der Waals surface area contributed by atoms with Crippen LogP contribution in [0.5, 0.6) is 0 Å². The van der Waals surface area contributed by atoms with Crippen LogP contribution in [0, 0.1) is 13.8 Å². The van der Waals surface area contributed by atoms with Crippen molar-refractivity contribution >= 4 is 15.7 Å². The van der Waals surface area contributed by atoms with Crippen molar-refractivity contribution < 1.29 is 8.42 Å². The van der Waals surface area contributed by atoms with E-state index in [1.807, 2.05) is 6.07 Å². The number of nitrogens with two attached hydrogens (primary N) is 1. The highest BCUT2D eigenvalue weighted by Crippen LogP contribution is 2.21.